The van der Waals surface area contributed by atoms with Crippen LogP contribution in [0.2, 0.25) is 0 Å². The predicted molar refractivity (Wildman–Crippen MR) is 139 cm³/mol. The van der Waals surface area contributed by atoms with E-state index in [2.05, 4.69) is 56.9 Å². The normalized spacial score (nSPS) is 15.9. The zero-order valence-electron chi connectivity index (χ0n) is 20.9. The van der Waals surface area contributed by atoms with Crippen molar-refractivity contribution in [1.29, 1.82) is 0 Å². The molecule has 3 heterocycles. The molecule has 1 amide bonds. The second-order valence-electron chi connectivity index (χ2n) is 10.7. The Bertz CT molecular complexity index is 1490. The van der Waals surface area contributed by atoms with Crippen LogP contribution in [0.1, 0.15) is 78.5 Å². The lowest BCUT2D eigenvalue weighted by molar-refractivity contribution is 0.0970. The van der Waals surface area contributed by atoms with Gasteiger partial charge in [0.15, 0.2) is 5.43 Å². The van der Waals surface area contributed by atoms with Gasteiger partial charge in [-0.2, -0.15) is 0 Å². The highest BCUT2D eigenvalue weighted by atomic mass is 32.1. The second-order valence-corrected chi connectivity index (χ2v) is 11.7. The molecule has 4 aromatic rings. The van der Waals surface area contributed by atoms with Crippen LogP contribution in [0, 0.1) is 12.8 Å². The molecule has 1 aliphatic rings. The van der Waals surface area contributed by atoms with Crippen LogP contribution in [0.15, 0.2) is 51.7 Å². The molecule has 6 nitrogen and oxygen atoms in total. The van der Waals surface area contributed by atoms with Gasteiger partial charge < -0.3 is 4.42 Å². The summed E-state index contributed by atoms with van der Waals surface area (Å²) in [5.41, 5.74) is 3.54. The number of aromatic nitrogens is 2. The Morgan fingerprint density at radius 1 is 1.06 bits per heavy atom. The van der Waals surface area contributed by atoms with E-state index in [1.807, 2.05) is 31.2 Å². The highest BCUT2D eigenvalue weighted by Crippen LogP contribution is 2.42. The van der Waals surface area contributed by atoms with Crippen molar-refractivity contribution in [3.05, 3.63) is 85.7 Å². The van der Waals surface area contributed by atoms with Crippen LogP contribution in [-0.4, -0.2) is 16.1 Å². The van der Waals surface area contributed by atoms with Crippen LogP contribution in [0.4, 0.5) is 5.13 Å². The molecule has 2 aromatic heterocycles. The molecule has 0 aliphatic carbocycles. The van der Waals surface area contributed by atoms with Crippen molar-refractivity contribution >= 4 is 33.3 Å². The molecule has 0 unspecified atom stereocenters. The molecule has 2 aromatic carbocycles. The number of carbonyl (C=O) groups is 1. The molecule has 0 saturated carbocycles. The fourth-order valence-electron chi connectivity index (χ4n) is 4.54. The van der Waals surface area contributed by atoms with Gasteiger partial charge in [-0.15, -0.1) is 10.2 Å². The van der Waals surface area contributed by atoms with E-state index in [0.29, 0.717) is 27.6 Å². The number of fused-ring (bicyclic) bond motifs is 2. The Labute approximate surface area is 208 Å². The Morgan fingerprint density at radius 3 is 2.43 bits per heavy atom. The van der Waals surface area contributed by atoms with Gasteiger partial charge in [-0.3, -0.25) is 14.5 Å². The van der Waals surface area contributed by atoms with E-state index in [1.54, 1.807) is 11.0 Å². The molecule has 7 heteroatoms. The van der Waals surface area contributed by atoms with E-state index in [9.17, 15) is 9.59 Å². The summed E-state index contributed by atoms with van der Waals surface area (Å²) in [5.74, 6) is 0.133. The van der Waals surface area contributed by atoms with E-state index in [1.165, 1.54) is 16.9 Å². The minimum atomic E-state index is -0.632. The topological polar surface area (TPSA) is 76.3 Å². The third kappa shape index (κ3) is 4.08. The first kappa shape index (κ1) is 23.4. The first-order valence-electron chi connectivity index (χ1n) is 11.9. The number of aryl methyl sites for hydroxylation is 1. The number of hydrogen-bond acceptors (Lipinski definition) is 6. The van der Waals surface area contributed by atoms with Crippen LogP contribution in [0.5, 0.6) is 0 Å². The molecular weight excluding hydrogens is 458 g/mol. The van der Waals surface area contributed by atoms with Crippen LogP contribution in [0.3, 0.4) is 0 Å². The number of nitrogens with zero attached hydrogens (tertiary/aromatic N) is 3. The third-order valence-corrected chi connectivity index (χ3v) is 7.31. The summed E-state index contributed by atoms with van der Waals surface area (Å²) in [7, 11) is 0. The number of anilines is 1. The van der Waals surface area contributed by atoms with Crippen molar-refractivity contribution < 1.29 is 9.21 Å². The van der Waals surface area contributed by atoms with Crippen LogP contribution in [-0.2, 0) is 11.8 Å². The van der Waals surface area contributed by atoms with Gasteiger partial charge in [-0.25, -0.2) is 0 Å². The fraction of sp³-hybridized carbons (Fsp3) is 0.357. The average Bonchev–Trinajstić information content (AvgIpc) is 3.35. The predicted octanol–water partition coefficient (Wildman–Crippen LogP) is 6.20. The van der Waals surface area contributed by atoms with Crippen molar-refractivity contribution in [3.8, 4) is 0 Å². The highest BCUT2D eigenvalue weighted by molar-refractivity contribution is 7.15. The number of benzene rings is 2. The zero-order valence-corrected chi connectivity index (χ0v) is 21.7. The summed E-state index contributed by atoms with van der Waals surface area (Å²) in [4.78, 5) is 29.1. The van der Waals surface area contributed by atoms with Crippen LogP contribution >= 0.6 is 11.3 Å². The van der Waals surface area contributed by atoms with E-state index in [-0.39, 0.29) is 22.5 Å². The Morgan fingerprint density at radius 2 is 1.77 bits per heavy atom. The highest BCUT2D eigenvalue weighted by Gasteiger charge is 2.45. The minimum absolute atomic E-state index is 0.0145. The number of hydrogen-bond donors (Lipinski definition) is 0. The van der Waals surface area contributed by atoms with Crippen molar-refractivity contribution in [2.75, 3.05) is 4.90 Å². The first-order valence-corrected chi connectivity index (χ1v) is 12.7. The molecular formula is C28H29N3O3S. The standard InChI is InChI=1S/C28H29N3O3S/c1-15(2)13-21-29-30-27(35-21)31-23(17-8-10-18(11-9-17)28(4,5)6)22-24(32)19-14-16(3)7-12-20(19)34-25(22)26(31)33/h7-12,14-15,23H,13H2,1-6H3/t23-/m0/s1. The van der Waals surface area contributed by atoms with Gasteiger partial charge in [0.05, 0.1) is 17.0 Å². The number of amides is 1. The van der Waals surface area contributed by atoms with Gasteiger partial charge in [0, 0.05) is 6.42 Å². The maximum atomic E-state index is 13.8. The largest absolute Gasteiger partial charge is 0.450 e. The van der Waals surface area contributed by atoms with Crippen molar-refractivity contribution in [3.63, 3.8) is 0 Å². The number of rotatable bonds is 4. The van der Waals surface area contributed by atoms with Gasteiger partial charge in [0.2, 0.25) is 10.9 Å². The lowest BCUT2D eigenvalue weighted by Gasteiger charge is -2.24. The Balaban J connectivity index is 1.72. The van der Waals surface area contributed by atoms with Gasteiger partial charge in [-0.1, -0.05) is 81.9 Å². The van der Waals surface area contributed by atoms with Gasteiger partial charge in [0.1, 0.15) is 10.6 Å². The van der Waals surface area contributed by atoms with Crippen LogP contribution in [0.25, 0.3) is 11.0 Å². The van der Waals surface area contributed by atoms with E-state index < -0.39 is 6.04 Å². The van der Waals surface area contributed by atoms with E-state index in [4.69, 9.17) is 4.42 Å². The molecule has 0 saturated heterocycles. The lowest BCUT2D eigenvalue weighted by atomic mass is 9.86. The minimum Gasteiger partial charge on any atom is -0.450 e. The van der Waals surface area contributed by atoms with Crippen molar-refractivity contribution in [1.82, 2.24) is 10.2 Å². The molecule has 180 valence electrons. The third-order valence-electron chi connectivity index (χ3n) is 6.36. The molecule has 0 spiro atoms. The average molecular weight is 488 g/mol. The Kier molecular flexibility index (Phi) is 5.63. The van der Waals surface area contributed by atoms with Gasteiger partial charge in [0.25, 0.3) is 5.91 Å². The molecule has 1 aliphatic heterocycles. The van der Waals surface area contributed by atoms with E-state index >= 15 is 0 Å². The smallest absolute Gasteiger partial charge is 0.297 e. The maximum absolute atomic E-state index is 13.8. The van der Waals surface area contributed by atoms with Crippen molar-refractivity contribution in [2.24, 2.45) is 5.92 Å². The summed E-state index contributed by atoms with van der Waals surface area (Å²) in [5, 5.41) is 10.5. The summed E-state index contributed by atoms with van der Waals surface area (Å²) in [6, 6.07) is 12.9. The molecule has 0 N–H and O–H groups in total. The van der Waals surface area contributed by atoms with E-state index in [0.717, 1.165) is 22.6 Å². The van der Waals surface area contributed by atoms with Crippen molar-refractivity contribution in [2.45, 2.75) is 59.4 Å². The lowest BCUT2D eigenvalue weighted by Crippen LogP contribution is -2.29. The molecule has 5 rings (SSSR count). The monoisotopic (exact) mass is 487 g/mol. The van der Waals surface area contributed by atoms with Gasteiger partial charge >= 0.3 is 0 Å². The van der Waals surface area contributed by atoms with Crippen LogP contribution < -0.4 is 10.3 Å². The molecule has 35 heavy (non-hydrogen) atoms. The van der Waals surface area contributed by atoms with Gasteiger partial charge in [-0.05, 0) is 41.5 Å². The second kappa shape index (κ2) is 8.41. The Hall–Kier alpha value is -3.32. The maximum Gasteiger partial charge on any atom is 0.297 e. The summed E-state index contributed by atoms with van der Waals surface area (Å²) in [6.07, 6.45) is 0.776. The summed E-state index contributed by atoms with van der Waals surface area (Å²) >= 11 is 1.39. The molecule has 0 radical (unpaired) electrons. The first-order chi connectivity index (χ1) is 16.5. The molecule has 1 atom stereocenters. The molecule has 0 bridgehead atoms. The SMILES string of the molecule is Cc1ccc2oc3c(c(=O)c2c1)[C@H](c1ccc(C(C)(C)C)cc1)N(c1nnc(CC(C)C)s1)C3=O. The quantitative estimate of drug-likeness (QED) is 0.343. The summed E-state index contributed by atoms with van der Waals surface area (Å²) in [6.45, 7) is 12.6. The number of carbonyl (C=O) groups excluding carboxylic acids is 1. The molecule has 0 fully saturated rings. The summed E-state index contributed by atoms with van der Waals surface area (Å²) < 4.78 is 6.07. The fourth-order valence-corrected chi connectivity index (χ4v) is 5.62. The zero-order chi connectivity index (χ0) is 25.1.